The Bertz CT molecular complexity index is 1310. The average molecular weight is 431 g/mol. The first-order valence-electron chi connectivity index (χ1n) is 9.85. The largest absolute Gasteiger partial charge is 0.465 e. The van der Waals surface area contributed by atoms with Gasteiger partial charge >= 0.3 is 5.97 Å². The Hall–Kier alpha value is -3.51. The van der Waals surface area contributed by atoms with Crippen LogP contribution in [0, 0.1) is 20.8 Å². The maximum atomic E-state index is 13.4. The predicted octanol–water partition coefficient (Wildman–Crippen LogP) is 5.93. The van der Waals surface area contributed by atoms with E-state index in [1.165, 1.54) is 18.4 Å². The number of carbonyl (C=O) groups is 2. The monoisotopic (exact) mass is 430 g/mol. The van der Waals surface area contributed by atoms with E-state index in [-0.39, 0.29) is 5.91 Å². The summed E-state index contributed by atoms with van der Waals surface area (Å²) in [4.78, 5) is 31.4. The van der Waals surface area contributed by atoms with Crippen LogP contribution in [0.2, 0.25) is 0 Å². The van der Waals surface area contributed by atoms with E-state index in [9.17, 15) is 9.59 Å². The Kier molecular flexibility index (Phi) is 5.57. The molecular formula is C25H22N2O3S. The van der Waals surface area contributed by atoms with Crippen molar-refractivity contribution in [2.24, 2.45) is 0 Å². The zero-order valence-corrected chi connectivity index (χ0v) is 18.6. The van der Waals surface area contributed by atoms with Crippen LogP contribution in [0.3, 0.4) is 0 Å². The van der Waals surface area contributed by atoms with Crippen molar-refractivity contribution >= 4 is 39.1 Å². The van der Waals surface area contributed by atoms with Gasteiger partial charge in [0.05, 0.1) is 29.4 Å². The smallest absolute Gasteiger partial charge is 0.341 e. The molecule has 0 fully saturated rings. The lowest BCUT2D eigenvalue weighted by atomic mass is 10.0. The Morgan fingerprint density at radius 2 is 1.71 bits per heavy atom. The summed E-state index contributed by atoms with van der Waals surface area (Å²) in [5.74, 6) is -0.754. The highest BCUT2D eigenvalue weighted by atomic mass is 32.1. The molecule has 1 amide bonds. The SMILES string of the molecule is COC(=O)c1c(NC(=O)c2cc(-c3ccc(C)cc3)nc3ccccc23)sc(C)c1C. The lowest BCUT2D eigenvalue weighted by Gasteiger charge is -2.11. The molecule has 4 rings (SSSR count). The van der Waals surface area contributed by atoms with Crippen LogP contribution < -0.4 is 5.32 Å². The quantitative estimate of drug-likeness (QED) is 0.408. The predicted molar refractivity (Wildman–Crippen MR) is 125 cm³/mol. The van der Waals surface area contributed by atoms with E-state index in [4.69, 9.17) is 9.72 Å². The lowest BCUT2D eigenvalue weighted by Crippen LogP contribution is -2.15. The van der Waals surface area contributed by atoms with Crippen LogP contribution in [0.15, 0.2) is 54.6 Å². The number of aromatic nitrogens is 1. The fourth-order valence-electron chi connectivity index (χ4n) is 3.47. The summed E-state index contributed by atoms with van der Waals surface area (Å²) in [6, 6.07) is 17.4. The number of pyridine rings is 1. The molecule has 0 aliphatic rings. The van der Waals surface area contributed by atoms with Crippen molar-refractivity contribution in [3.63, 3.8) is 0 Å². The second-order valence-electron chi connectivity index (χ2n) is 7.37. The van der Waals surface area contributed by atoms with Gasteiger partial charge in [-0.05, 0) is 38.5 Å². The molecule has 0 atom stereocenters. The number of anilines is 1. The van der Waals surface area contributed by atoms with Gasteiger partial charge in [-0.2, -0.15) is 0 Å². The van der Waals surface area contributed by atoms with Crippen LogP contribution in [-0.2, 0) is 4.74 Å². The summed E-state index contributed by atoms with van der Waals surface area (Å²) in [7, 11) is 1.34. The highest BCUT2D eigenvalue weighted by molar-refractivity contribution is 7.16. The molecule has 0 saturated carbocycles. The molecule has 0 bridgehead atoms. The minimum absolute atomic E-state index is 0.293. The summed E-state index contributed by atoms with van der Waals surface area (Å²) in [6.45, 7) is 5.80. The van der Waals surface area contributed by atoms with Gasteiger partial charge in [0, 0.05) is 15.8 Å². The number of thiophene rings is 1. The number of amides is 1. The van der Waals surface area contributed by atoms with Gasteiger partial charge in [0.25, 0.3) is 5.91 Å². The van der Waals surface area contributed by atoms with E-state index >= 15 is 0 Å². The summed E-state index contributed by atoms with van der Waals surface area (Å²) >= 11 is 1.37. The summed E-state index contributed by atoms with van der Waals surface area (Å²) in [5.41, 5.74) is 5.25. The molecule has 0 spiro atoms. The van der Waals surface area contributed by atoms with Crippen molar-refractivity contribution in [2.45, 2.75) is 20.8 Å². The van der Waals surface area contributed by atoms with Crippen LogP contribution in [0.25, 0.3) is 22.2 Å². The fraction of sp³-hybridized carbons (Fsp3) is 0.160. The van der Waals surface area contributed by atoms with Crippen LogP contribution in [0.5, 0.6) is 0 Å². The van der Waals surface area contributed by atoms with E-state index in [2.05, 4.69) is 5.32 Å². The number of esters is 1. The molecule has 6 heteroatoms. The third-order valence-electron chi connectivity index (χ3n) is 5.31. The summed E-state index contributed by atoms with van der Waals surface area (Å²) < 4.78 is 4.92. The van der Waals surface area contributed by atoms with E-state index < -0.39 is 5.97 Å². The fourth-order valence-corrected chi connectivity index (χ4v) is 4.51. The number of rotatable bonds is 4. The Morgan fingerprint density at radius 1 is 1.00 bits per heavy atom. The van der Waals surface area contributed by atoms with Gasteiger partial charge < -0.3 is 10.1 Å². The molecule has 1 N–H and O–H groups in total. The minimum Gasteiger partial charge on any atom is -0.465 e. The molecule has 31 heavy (non-hydrogen) atoms. The zero-order chi connectivity index (χ0) is 22.1. The summed E-state index contributed by atoms with van der Waals surface area (Å²) in [5, 5.41) is 4.18. The number of carbonyl (C=O) groups excluding carboxylic acids is 2. The third kappa shape index (κ3) is 3.94. The minimum atomic E-state index is -0.461. The second kappa shape index (κ2) is 8.32. The van der Waals surface area contributed by atoms with E-state index in [1.807, 2.05) is 69.3 Å². The topological polar surface area (TPSA) is 68.3 Å². The molecule has 0 aliphatic heterocycles. The third-order valence-corrected chi connectivity index (χ3v) is 6.43. The van der Waals surface area contributed by atoms with Gasteiger partial charge in [-0.1, -0.05) is 48.0 Å². The van der Waals surface area contributed by atoms with Crippen molar-refractivity contribution in [2.75, 3.05) is 12.4 Å². The maximum Gasteiger partial charge on any atom is 0.341 e. The Morgan fingerprint density at radius 3 is 2.42 bits per heavy atom. The first kappa shape index (κ1) is 20.8. The number of para-hydroxylation sites is 1. The van der Waals surface area contributed by atoms with Gasteiger partial charge in [-0.3, -0.25) is 4.79 Å². The number of fused-ring (bicyclic) bond motifs is 1. The van der Waals surface area contributed by atoms with Crippen molar-refractivity contribution in [3.8, 4) is 11.3 Å². The van der Waals surface area contributed by atoms with Crippen molar-refractivity contribution < 1.29 is 14.3 Å². The van der Waals surface area contributed by atoms with Crippen molar-refractivity contribution in [1.29, 1.82) is 0 Å². The first-order valence-corrected chi connectivity index (χ1v) is 10.7. The van der Waals surface area contributed by atoms with Gasteiger partial charge in [0.1, 0.15) is 5.00 Å². The van der Waals surface area contributed by atoms with Gasteiger partial charge in [-0.15, -0.1) is 11.3 Å². The van der Waals surface area contributed by atoms with Crippen LogP contribution in [-0.4, -0.2) is 24.0 Å². The van der Waals surface area contributed by atoms with E-state index in [0.717, 1.165) is 38.2 Å². The molecule has 4 aromatic rings. The molecule has 2 aromatic carbocycles. The number of nitrogens with zero attached hydrogens (tertiary/aromatic N) is 1. The normalized spacial score (nSPS) is 10.8. The number of nitrogens with one attached hydrogen (secondary N) is 1. The van der Waals surface area contributed by atoms with E-state index in [0.29, 0.717) is 16.1 Å². The Balaban J connectivity index is 1.81. The molecule has 0 unspecified atom stereocenters. The first-order chi connectivity index (χ1) is 14.9. The molecule has 0 radical (unpaired) electrons. The summed E-state index contributed by atoms with van der Waals surface area (Å²) in [6.07, 6.45) is 0. The van der Waals surface area contributed by atoms with Crippen molar-refractivity contribution in [3.05, 3.63) is 81.7 Å². The highest BCUT2D eigenvalue weighted by Gasteiger charge is 2.23. The Labute approximate surface area is 184 Å². The second-order valence-corrected chi connectivity index (χ2v) is 8.60. The molecule has 156 valence electrons. The van der Waals surface area contributed by atoms with Gasteiger partial charge in [-0.25, -0.2) is 9.78 Å². The van der Waals surface area contributed by atoms with Crippen molar-refractivity contribution in [1.82, 2.24) is 4.98 Å². The molecule has 2 heterocycles. The number of ether oxygens (including phenoxy) is 1. The molecular weight excluding hydrogens is 408 g/mol. The standard InChI is InChI=1S/C25H22N2O3S/c1-14-9-11-17(12-10-14)21-13-19(18-7-5-6-8-20(18)26-21)23(28)27-24-22(25(29)30-4)15(2)16(3)31-24/h5-13H,1-4H3,(H,27,28). The molecule has 0 saturated heterocycles. The molecule has 0 aliphatic carbocycles. The zero-order valence-electron chi connectivity index (χ0n) is 17.8. The van der Waals surface area contributed by atoms with Gasteiger partial charge in [0.15, 0.2) is 0 Å². The number of hydrogen-bond donors (Lipinski definition) is 1. The van der Waals surface area contributed by atoms with Gasteiger partial charge in [0.2, 0.25) is 0 Å². The average Bonchev–Trinajstić information content (AvgIpc) is 3.05. The molecule has 2 aromatic heterocycles. The number of aryl methyl sites for hydroxylation is 2. The van der Waals surface area contributed by atoms with Crippen LogP contribution >= 0.6 is 11.3 Å². The van der Waals surface area contributed by atoms with E-state index in [1.54, 1.807) is 6.07 Å². The van der Waals surface area contributed by atoms with Crippen LogP contribution in [0.1, 0.15) is 36.7 Å². The number of benzene rings is 2. The highest BCUT2D eigenvalue weighted by Crippen LogP contribution is 2.34. The number of hydrogen-bond acceptors (Lipinski definition) is 5. The molecule has 5 nitrogen and oxygen atoms in total. The van der Waals surface area contributed by atoms with Crippen LogP contribution in [0.4, 0.5) is 5.00 Å². The number of methoxy groups -OCH3 is 1. The lowest BCUT2D eigenvalue weighted by molar-refractivity contribution is 0.0601. The maximum absolute atomic E-state index is 13.4.